The summed E-state index contributed by atoms with van der Waals surface area (Å²) >= 11 is 1.75. The fraction of sp³-hybridized carbons (Fsp3) is 0.429. The highest BCUT2D eigenvalue weighted by atomic mass is 32.1. The Labute approximate surface area is 111 Å². The molecule has 0 saturated heterocycles. The molecule has 1 fully saturated rings. The van der Waals surface area contributed by atoms with Gasteiger partial charge in [0, 0.05) is 5.41 Å². The molecule has 0 bridgehead atoms. The zero-order chi connectivity index (χ0) is 12.6. The van der Waals surface area contributed by atoms with Crippen molar-refractivity contribution in [2.24, 2.45) is 0 Å². The van der Waals surface area contributed by atoms with Crippen LogP contribution >= 0.6 is 11.3 Å². The molecule has 1 aliphatic carbocycles. The van der Waals surface area contributed by atoms with Crippen molar-refractivity contribution in [2.75, 3.05) is 7.05 Å². The molecule has 0 aliphatic heterocycles. The lowest BCUT2D eigenvalue weighted by Gasteiger charge is -2.11. The monoisotopic (exact) mass is 259 g/mol. The second-order valence-corrected chi connectivity index (χ2v) is 5.91. The van der Waals surface area contributed by atoms with Crippen LogP contribution in [0.2, 0.25) is 0 Å². The highest BCUT2D eigenvalue weighted by Gasteiger charge is 2.48. The van der Waals surface area contributed by atoms with Crippen LogP contribution in [0.5, 0.6) is 0 Å². The number of hydrogen-bond donors (Lipinski definition) is 1. The summed E-state index contributed by atoms with van der Waals surface area (Å²) in [4.78, 5) is 0. The van der Waals surface area contributed by atoms with E-state index in [0.29, 0.717) is 0 Å². The van der Waals surface area contributed by atoms with Crippen molar-refractivity contribution in [1.29, 1.82) is 0 Å². The second kappa shape index (κ2) is 4.44. The maximum Gasteiger partial charge on any atom is 0.134 e. The van der Waals surface area contributed by atoms with Crippen molar-refractivity contribution in [3.05, 3.63) is 45.9 Å². The Morgan fingerprint density at radius 1 is 1.22 bits per heavy atom. The van der Waals surface area contributed by atoms with Gasteiger partial charge in [0.2, 0.25) is 0 Å². The number of aromatic nitrogens is 2. The molecule has 94 valence electrons. The van der Waals surface area contributed by atoms with E-state index in [9.17, 15) is 0 Å². The van der Waals surface area contributed by atoms with Gasteiger partial charge in [-0.3, -0.25) is 0 Å². The van der Waals surface area contributed by atoms with Crippen molar-refractivity contribution in [1.82, 2.24) is 15.5 Å². The van der Waals surface area contributed by atoms with E-state index in [-0.39, 0.29) is 11.5 Å². The fourth-order valence-corrected chi connectivity index (χ4v) is 3.41. The van der Waals surface area contributed by atoms with Crippen LogP contribution in [0.3, 0.4) is 0 Å². The molecule has 0 spiro atoms. The van der Waals surface area contributed by atoms with E-state index < -0.39 is 0 Å². The van der Waals surface area contributed by atoms with Gasteiger partial charge in [0.05, 0.1) is 6.04 Å². The summed E-state index contributed by atoms with van der Waals surface area (Å²) in [5, 5.41) is 14.2. The smallest absolute Gasteiger partial charge is 0.134 e. The number of nitrogens with one attached hydrogen (secondary N) is 1. The molecule has 18 heavy (non-hydrogen) atoms. The fourth-order valence-electron chi connectivity index (χ4n) is 2.23. The van der Waals surface area contributed by atoms with Gasteiger partial charge in [0.15, 0.2) is 0 Å². The first kappa shape index (κ1) is 11.8. The maximum atomic E-state index is 4.42. The molecule has 1 aromatic heterocycles. The number of rotatable bonds is 4. The van der Waals surface area contributed by atoms with Crippen molar-refractivity contribution >= 4 is 11.3 Å². The van der Waals surface area contributed by atoms with Crippen molar-refractivity contribution in [2.45, 2.75) is 31.2 Å². The third kappa shape index (κ3) is 1.85. The highest BCUT2D eigenvalue weighted by Crippen LogP contribution is 2.54. The number of benzene rings is 1. The molecular formula is C14H17N3S. The summed E-state index contributed by atoms with van der Waals surface area (Å²) in [6.45, 7) is 2.12. The molecule has 2 aromatic rings. The summed E-state index contributed by atoms with van der Waals surface area (Å²) in [6.07, 6.45) is 2.39. The molecule has 0 radical (unpaired) electrons. The quantitative estimate of drug-likeness (QED) is 0.917. The average molecular weight is 259 g/mol. The lowest BCUT2D eigenvalue weighted by Crippen LogP contribution is -2.11. The topological polar surface area (TPSA) is 37.8 Å². The van der Waals surface area contributed by atoms with Gasteiger partial charge in [0.25, 0.3) is 0 Å². The van der Waals surface area contributed by atoms with E-state index >= 15 is 0 Å². The van der Waals surface area contributed by atoms with Crippen LogP contribution in [0.1, 0.15) is 41.4 Å². The minimum atomic E-state index is 0.157. The maximum absolute atomic E-state index is 4.42. The van der Waals surface area contributed by atoms with Crippen molar-refractivity contribution in [3.8, 4) is 0 Å². The molecule has 4 heteroatoms. The Balaban J connectivity index is 1.93. The van der Waals surface area contributed by atoms with Crippen LogP contribution in [0.4, 0.5) is 0 Å². The molecule has 1 saturated carbocycles. The molecule has 1 N–H and O–H groups in total. The van der Waals surface area contributed by atoms with E-state index in [0.717, 1.165) is 5.01 Å². The molecule has 1 unspecified atom stereocenters. The molecule has 0 amide bonds. The number of nitrogens with zero attached hydrogens (tertiary/aromatic N) is 2. The summed E-state index contributed by atoms with van der Waals surface area (Å²) in [5.41, 5.74) is 1.54. The van der Waals surface area contributed by atoms with Crippen molar-refractivity contribution < 1.29 is 0 Å². The van der Waals surface area contributed by atoms with Crippen molar-refractivity contribution in [3.63, 3.8) is 0 Å². The van der Waals surface area contributed by atoms with E-state index in [1.54, 1.807) is 11.3 Å². The molecule has 1 heterocycles. The van der Waals surface area contributed by atoms with Gasteiger partial charge in [-0.05, 0) is 32.4 Å². The number of hydrogen-bond acceptors (Lipinski definition) is 4. The first-order valence-corrected chi connectivity index (χ1v) is 7.14. The Hall–Kier alpha value is -1.26. The predicted molar refractivity (Wildman–Crippen MR) is 73.8 cm³/mol. The predicted octanol–water partition coefficient (Wildman–Crippen LogP) is 2.90. The summed E-state index contributed by atoms with van der Waals surface area (Å²) < 4.78 is 0. The van der Waals surface area contributed by atoms with Gasteiger partial charge in [-0.2, -0.15) is 0 Å². The van der Waals surface area contributed by atoms with E-state index in [4.69, 9.17) is 0 Å². The SMILES string of the molecule is CNC(C)c1nnc(C2(c3ccccc3)CC2)s1. The molecule has 3 rings (SSSR count). The average Bonchev–Trinajstić information content (AvgIpc) is 3.10. The minimum Gasteiger partial charge on any atom is -0.311 e. The first-order chi connectivity index (χ1) is 8.76. The Kier molecular flexibility index (Phi) is 2.92. The zero-order valence-electron chi connectivity index (χ0n) is 10.7. The van der Waals surface area contributed by atoms with Crippen LogP contribution in [0, 0.1) is 0 Å². The summed E-state index contributed by atoms with van der Waals surface area (Å²) in [6, 6.07) is 11.0. The highest BCUT2D eigenvalue weighted by molar-refractivity contribution is 7.11. The molecule has 1 aliphatic rings. The zero-order valence-corrected chi connectivity index (χ0v) is 11.5. The van der Waals surface area contributed by atoms with Gasteiger partial charge in [-0.25, -0.2) is 0 Å². The normalized spacial score (nSPS) is 18.6. The largest absolute Gasteiger partial charge is 0.311 e. The van der Waals surface area contributed by atoms with E-state index in [1.165, 1.54) is 23.4 Å². The molecule has 1 atom stereocenters. The van der Waals surface area contributed by atoms with Crippen LogP contribution in [-0.4, -0.2) is 17.2 Å². The third-order valence-corrected chi connectivity index (χ3v) is 5.04. The lowest BCUT2D eigenvalue weighted by molar-refractivity contribution is 0.638. The van der Waals surface area contributed by atoms with Crippen LogP contribution in [-0.2, 0) is 5.41 Å². The molecular weight excluding hydrogens is 242 g/mol. The van der Waals surface area contributed by atoms with Crippen LogP contribution in [0.25, 0.3) is 0 Å². The second-order valence-electron chi connectivity index (χ2n) is 4.90. The Bertz CT molecular complexity index is 531. The lowest BCUT2D eigenvalue weighted by atomic mass is 9.97. The Morgan fingerprint density at radius 3 is 2.56 bits per heavy atom. The van der Waals surface area contributed by atoms with E-state index in [2.05, 4.69) is 52.8 Å². The van der Waals surface area contributed by atoms with E-state index in [1.807, 2.05) is 7.05 Å². The molecule has 3 nitrogen and oxygen atoms in total. The third-order valence-electron chi connectivity index (χ3n) is 3.73. The van der Waals surface area contributed by atoms with Gasteiger partial charge in [-0.1, -0.05) is 41.7 Å². The van der Waals surface area contributed by atoms with Gasteiger partial charge in [-0.15, -0.1) is 10.2 Å². The van der Waals surface area contributed by atoms with Crippen LogP contribution in [0.15, 0.2) is 30.3 Å². The first-order valence-electron chi connectivity index (χ1n) is 6.33. The standard InChI is InChI=1S/C14H17N3S/c1-10(15-2)12-16-17-13(18-12)14(8-9-14)11-6-4-3-5-7-11/h3-7,10,15H,8-9H2,1-2H3. The van der Waals surface area contributed by atoms with Crippen LogP contribution < -0.4 is 5.32 Å². The van der Waals surface area contributed by atoms with Gasteiger partial charge in [0.1, 0.15) is 10.0 Å². The van der Waals surface area contributed by atoms with Gasteiger partial charge >= 0.3 is 0 Å². The summed E-state index contributed by atoms with van der Waals surface area (Å²) in [7, 11) is 1.95. The molecule has 1 aromatic carbocycles. The van der Waals surface area contributed by atoms with Gasteiger partial charge < -0.3 is 5.32 Å². The minimum absolute atomic E-state index is 0.157. The summed E-state index contributed by atoms with van der Waals surface area (Å²) in [5.74, 6) is 0. The Morgan fingerprint density at radius 2 is 1.94 bits per heavy atom.